The average molecular weight is 699 g/mol. The summed E-state index contributed by atoms with van der Waals surface area (Å²) in [5.74, 6) is 1.40. The molecule has 2 saturated heterocycles. The molecule has 11 heteroatoms. The molecule has 2 aromatic carbocycles. The lowest BCUT2D eigenvalue weighted by Crippen LogP contribution is -2.47. The number of anilines is 1. The highest BCUT2D eigenvalue weighted by atomic mass is 35.5. The minimum atomic E-state index is -0.206. The van der Waals surface area contributed by atoms with Crippen LogP contribution in [-0.2, 0) is 22.6 Å². The second-order valence-corrected chi connectivity index (χ2v) is 14.2. The summed E-state index contributed by atoms with van der Waals surface area (Å²) in [6.45, 7) is 7.85. The highest BCUT2D eigenvalue weighted by Gasteiger charge is 2.40. The second kappa shape index (κ2) is 15.0. The van der Waals surface area contributed by atoms with E-state index in [2.05, 4.69) is 27.7 Å². The topological polar surface area (TPSA) is 86.8 Å². The van der Waals surface area contributed by atoms with Crippen molar-refractivity contribution in [2.24, 2.45) is 5.92 Å². The summed E-state index contributed by atoms with van der Waals surface area (Å²) in [6, 6.07) is 13.8. The molecule has 2 N–H and O–H groups in total. The van der Waals surface area contributed by atoms with Crippen molar-refractivity contribution in [2.75, 3.05) is 37.6 Å². The van der Waals surface area contributed by atoms with Gasteiger partial charge < -0.3 is 25.2 Å². The van der Waals surface area contributed by atoms with Gasteiger partial charge in [-0.05, 0) is 92.1 Å². The van der Waals surface area contributed by atoms with E-state index in [-0.39, 0.29) is 42.2 Å². The molecule has 1 saturated carbocycles. The maximum Gasteiger partial charge on any atom is 0.228 e. The zero-order chi connectivity index (χ0) is 33.1. The first-order valence-corrected chi connectivity index (χ1v) is 17.7. The Bertz CT molecular complexity index is 1580. The summed E-state index contributed by atoms with van der Waals surface area (Å²) in [7, 11) is 0. The summed E-state index contributed by atoms with van der Waals surface area (Å²) < 4.78 is 6.22. The van der Waals surface area contributed by atoms with Crippen molar-refractivity contribution in [3.63, 3.8) is 0 Å². The predicted molar refractivity (Wildman–Crippen MR) is 188 cm³/mol. The molecule has 3 fully saturated rings. The van der Waals surface area contributed by atoms with Crippen molar-refractivity contribution in [3.8, 4) is 5.75 Å². The van der Waals surface area contributed by atoms with Crippen molar-refractivity contribution < 1.29 is 14.3 Å². The number of amides is 2. The molecule has 3 aromatic rings. The molecule has 2 aliphatic heterocycles. The fourth-order valence-electron chi connectivity index (χ4n) is 6.79. The molecule has 0 spiro atoms. The summed E-state index contributed by atoms with van der Waals surface area (Å²) in [5.41, 5.74) is 3.84. The first-order valence-electron chi connectivity index (χ1n) is 16.6. The van der Waals surface area contributed by atoms with Crippen LogP contribution < -0.4 is 20.3 Å². The third-order valence-electron chi connectivity index (χ3n) is 9.35. The molecule has 0 unspecified atom stereocenters. The number of benzene rings is 2. The van der Waals surface area contributed by atoms with Crippen LogP contribution in [-0.4, -0.2) is 66.6 Å². The minimum Gasteiger partial charge on any atom is -0.485 e. The van der Waals surface area contributed by atoms with E-state index < -0.39 is 0 Å². The van der Waals surface area contributed by atoms with Crippen LogP contribution in [0.25, 0.3) is 0 Å². The number of hydrogen-bond acceptors (Lipinski definition) is 6. The summed E-state index contributed by atoms with van der Waals surface area (Å²) >= 11 is 19.5. The SMILES string of the molecule is CCNC(=O)Cc1ccc(Cl)c(CN(C(=O)[C@H]2CNCC[C@@H]2c2ccc(N3CC[C@H](Oc4c(Cl)cc(C)cc4Cl)C3)nc2)C2CC2)c1. The molecule has 3 atom stereocenters. The first kappa shape index (κ1) is 33.8. The number of pyridine rings is 1. The van der Waals surface area contributed by atoms with Crippen molar-refractivity contribution in [2.45, 2.75) is 70.6 Å². The highest BCUT2D eigenvalue weighted by Crippen LogP contribution is 2.38. The Kier molecular flexibility index (Phi) is 10.8. The number of rotatable bonds is 11. The quantitative estimate of drug-likeness (QED) is 0.236. The fourth-order valence-corrected chi connectivity index (χ4v) is 7.66. The predicted octanol–water partition coefficient (Wildman–Crippen LogP) is 6.57. The number of carbonyl (C=O) groups is 2. The fraction of sp³-hybridized carbons (Fsp3) is 0.472. The monoisotopic (exact) mass is 697 g/mol. The van der Waals surface area contributed by atoms with Crippen LogP contribution in [0.3, 0.4) is 0 Å². The number of aromatic nitrogens is 1. The van der Waals surface area contributed by atoms with E-state index in [0.29, 0.717) is 47.0 Å². The van der Waals surface area contributed by atoms with E-state index in [9.17, 15) is 9.59 Å². The number of aryl methyl sites for hydroxylation is 1. The molecule has 3 heterocycles. The Morgan fingerprint density at radius 3 is 2.53 bits per heavy atom. The van der Waals surface area contributed by atoms with Gasteiger partial charge in [0, 0.05) is 49.9 Å². The Labute approximate surface area is 292 Å². The van der Waals surface area contributed by atoms with Gasteiger partial charge in [-0.2, -0.15) is 0 Å². The number of nitrogens with zero attached hydrogens (tertiary/aromatic N) is 3. The largest absolute Gasteiger partial charge is 0.485 e. The van der Waals surface area contributed by atoms with Crippen LogP contribution in [0.1, 0.15) is 60.8 Å². The van der Waals surface area contributed by atoms with Gasteiger partial charge in [-0.25, -0.2) is 4.98 Å². The Morgan fingerprint density at radius 1 is 1.04 bits per heavy atom. The molecule has 47 heavy (non-hydrogen) atoms. The number of ether oxygens (including phenoxy) is 1. The number of carbonyl (C=O) groups excluding carboxylic acids is 2. The number of likely N-dealkylation sites (N-methyl/N-ethyl adjacent to an activating group) is 1. The lowest BCUT2D eigenvalue weighted by Gasteiger charge is -2.36. The molecular weight excluding hydrogens is 657 g/mol. The second-order valence-electron chi connectivity index (χ2n) is 12.9. The van der Waals surface area contributed by atoms with Crippen LogP contribution in [0.2, 0.25) is 15.1 Å². The smallest absolute Gasteiger partial charge is 0.228 e. The Hall–Kier alpha value is -3.04. The molecule has 250 valence electrons. The van der Waals surface area contributed by atoms with Crippen LogP contribution in [0.5, 0.6) is 5.75 Å². The summed E-state index contributed by atoms with van der Waals surface area (Å²) in [6.07, 6.45) is 5.86. The van der Waals surface area contributed by atoms with Gasteiger partial charge in [0.15, 0.2) is 5.75 Å². The van der Waals surface area contributed by atoms with Crippen LogP contribution >= 0.6 is 34.8 Å². The molecular formula is C36H42Cl3N5O3. The number of nitrogens with one attached hydrogen (secondary N) is 2. The zero-order valence-corrected chi connectivity index (χ0v) is 29.2. The third-order valence-corrected chi connectivity index (χ3v) is 10.3. The standard InChI is InChI=1S/C36H42Cl3N5O3/c1-3-41-34(45)17-23-4-8-30(37)25(16-23)20-44(26-6-7-26)36(46)29-19-40-12-10-28(29)24-5-9-33(42-18-24)43-13-11-27(21-43)47-35-31(38)14-22(2)15-32(35)39/h4-5,8-9,14-16,18,26-29,40H,3,6-7,10-13,17,19-21H2,1-2H3,(H,41,45)/t27-,28+,29-/m0/s1. The molecule has 2 amide bonds. The Morgan fingerprint density at radius 2 is 1.83 bits per heavy atom. The van der Waals surface area contributed by atoms with Crippen molar-refractivity contribution in [1.82, 2.24) is 20.5 Å². The van der Waals surface area contributed by atoms with Gasteiger partial charge in [0.25, 0.3) is 0 Å². The van der Waals surface area contributed by atoms with Gasteiger partial charge in [-0.1, -0.05) is 53.0 Å². The molecule has 3 aliphatic rings. The van der Waals surface area contributed by atoms with Crippen LogP contribution in [0.4, 0.5) is 5.82 Å². The molecule has 6 rings (SSSR count). The normalized spacial score (nSPS) is 21.0. The van der Waals surface area contributed by atoms with Gasteiger partial charge >= 0.3 is 0 Å². The third kappa shape index (κ3) is 8.16. The van der Waals surface area contributed by atoms with Crippen LogP contribution in [0.15, 0.2) is 48.7 Å². The van der Waals surface area contributed by atoms with Gasteiger partial charge in [0.05, 0.1) is 28.9 Å². The molecule has 0 bridgehead atoms. The van der Waals surface area contributed by atoms with Gasteiger partial charge in [-0.15, -0.1) is 0 Å². The maximum absolute atomic E-state index is 14.3. The zero-order valence-electron chi connectivity index (χ0n) is 26.9. The van der Waals surface area contributed by atoms with Crippen molar-refractivity contribution >= 4 is 52.4 Å². The highest BCUT2D eigenvalue weighted by molar-refractivity contribution is 6.37. The molecule has 1 aliphatic carbocycles. The van der Waals surface area contributed by atoms with Crippen molar-refractivity contribution in [3.05, 3.63) is 86.0 Å². The van der Waals surface area contributed by atoms with E-state index in [0.717, 1.165) is 66.8 Å². The minimum absolute atomic E-state index is 0.0263. The molecule has 1 aromatic heterocycles. The van der Waals surface area contributed by atoms with Gasteiger partial charge in [0.1, 0.15) is 11.9 Å². The molecule has 8 nitrogen and oxygen atoms in total. The van der Waals surface area contributed by atoms with E-state index in [1.165, 1.54) is 0 Å². The molecule has 0 radical (unpaired) electrons. The van der Waals surface area contributed by atoms with E-state index >= 15 is 0 Å². The van der Waals surface area contributed by atoms with E-state index in [4.69, 9.17) is 44.5 Å². The van der Waals surface area contributed by atoms with Gasteiger partial charge in [-0.3, -0.25) is 9.59 Å². The number of hydrogen-bond donors (Lipinski definition) is 2. The lowest BCUT2D eigenvalue weighted by molar-refractivity contribution is -0.138. The van der Waals surface area contributed by atoms with E-state index in [1.807, 2.05) is 55.3 Å². The number of halogens is 3. The van der Waals surface area contributed by atoms with Crippen molar-refractivity contribution in [1.29, 1.82) is 0 Å². The number of piperidine rings is 1. The summed E-state index contributed by atoms with van der Waals surface area (Å²) in [5, 5.41) is 7.97. The maximum atomic E-state index is 14.3. The summed E-state index contributed by atoms with van der Waals surface area (Å²) in [4.78, 5) is 35.6. The average Bonchev–Trinajstić information content (AvgIpc) is 3.79. The van der Waals surface area contributed by atoms with Gasteiger partial charge in [0.2, 0.25) is 11.8 Å². The Balaban J connectivity index is 1.13. The lowest BCUT2D eigenvalue weighted by atomic mass is 9.80. The van der Waals surface area contributed by atoms with E-state index in [1.54, 1.807) is 0 Å². The first-order chi connectivity index (χ1) is 22.7. The van der Waals surface area contributed by atoms with Crippen LogP contribution in [0, 0.1) is 12.8 Å².